The lowest BCUT2D eigenvalue weighted by atomic mass is 9.89. The molecule has 50 heavy (non-hydrogen) atoms. The predicted octanol–water partition coefficient (Wildman–Crippen LogP) is 6.18. The first kappa shape index (κ1) is 36.5. The van der Waals surface area contributed by atoms with E-state index in [2.05, 4.69) is 71.1 Å². The van der Waals surface area contributed by atoms with E-state index in [1.165, 1.54) is 28.5 Å². The van der Waals surface area contributed by atoms with E-state index in [1.807, 2.05) is 23.3 Å². The van der Waals surface area contributed by atoms with Crippen molar-refractivity contribution in [3.8, 4) is 5.75 Å². The Labute approximate surface area is 302 Å². The number of piperidine rings is 1. The van der Waals surface area contributed by atoms with E-state index in [9.17, 15) is 14.7 Å². The van der Waals surface area contributed by atoms with Gasteiger partial charge in [-0.05, 0) is 75.6 Å². The molecule has 2 saturated heterocycles. The molecule has 2 fully saturated rings. The van der Waals surface area contributed by atoms with Gasteiger partial charge in [0.15, 0.2) is 0 Å². The van der Waals surface area contributed by atoms with Crippen LogP contribution in [0.15, 0.2) is 58.7 Å². The fraction of sp³-hybridized carbons (Fsp3) is 0.500. The molecule has 1 amide bonds. The minimum atomic E-state index is -0.411. The van der Waals surface area contributed by atoms with Crippen LogP contribution in [-0.4, -0.2) is 98.3 Å². The maximum absolute atomic E-state index is 13.1. The van der Waals surface area contributed by atoms with Crippen LogP contribution in [0, 0.1) is 6.92 Å². The maximum Gasteiger partial charge on any atom is 0.273 e. The number of phenolic OH excluding ortho intramolecular Hbond substituents is 1. The van der Waals surface area contributed by atoms with Crippen LogP contribution in [-0.2, 0) is 22.6 Å². The third kappa shape index (κ3) is 8.96. The van der Waals surface area contributed by atoms with Gasteiger partial charge in [0.05, 0.1) is 41.0 Å². The normalized spacial score (nSPS) is 17.5. The second-order valence-corrected chi connectivity index (χ2v) is 16.4. The van der Waals surface area contributed by atoms with E-state index >= 15 is 0 Å². The number of aromatic amines is 1. The van der Waals surface area contributed by atoms with Crippen molar-refractivity contribution in [3.05, 3.63) is 91.7 Å². The van der Waals surface area contributed by atoms with Crippen molar-refractivity contribution in [3.63, 3.8) is 0 Å². The first-order chi connectivity index (χ1) is 23.9. The average Bonchev–Trinajstić information content (AvgIpc) is 3.51. The minimum Gasteiger partial charge on any atom is -0.506 e. The van der Waals surface area contributed by atoms with E-state index < -0.39 is 5.60 Å². The van der Waals surface area contributed by atoms with Gasteiger partial charge in [0.1, 0.15) is 11.4 Å². The quantitative estimate of drug-likeness (QED) is 0.176. The highest BCUT2D eigenvalue weighted by Gasteiger charge is 2.41. The molecule has 4 heterocycles. The summed E-state index contributed by atoms with van der Waals surface area (Å²) in [5.74, 6) is 0.871. The van der Waals surface area contributed by atoms with Gasteiger partial charge >= 0.3 is 0 Å². The van der Waals surface area contributed by atoms with Crippen molar-refractivity contribution < 1.29 is 19.4 Å². The summed E-state index contributed by atoms with van der Waals surface area (Å²) in [6.07, 6.45) is 3.60. The second kappa shape index (κ2) is 15.5. The lowest BCUT2D eigenvalue weighted by Gasteiger charge is -2.47. The van der Waals surface area contributed by atoms with Gasteiger partial charge in [-0.15, -0.1) is 23.1 Å². The molecule has 2 aromatic heterocycles. The van der Waals surface area contributed by atoms with Crippen LogP contribution >= 0.6 is 23.1 Å². The molecule has 2 aliphatic rings. The number of thioether (sulfide) groups is 1. The number of aromatic nitrogens is 2. The number of likely N-dealkylation sites (tertiary alicyclic amines) is 1. The number of phenols is 1. The molecule has 2 N–H and O–H groups in total. The number of fused-ring (bicyclic) bond motifs is 1. The van der Waals surface area contributed by atoms with Crippen LogP contribution in [0.2, 0.25) is 0 Å². The van der Waals surface area contributed by atoms with E-state index in [4.69, 9.17) is 9.47 Å². The number of nitrogens with zero attached hydrogens (tertiary/aromatic N) is 4. The molecule has 1 spiro atoms. The van der Waals surface area contributed by atoms with E-state index in [0.717, 1.165) is 60.9 Å². The topological polar surface area (TPSA) is 111 Å². The Balaban J connectivity index is 1.11. The molecule has 6 rings (SSSR count). The zero-order valence-corrected chi connectivity index (χ0v) is 31.4. The number of hydrogen-bond acceptors (Lipinski definition) is 10. The van der Waals surface area contributed by atoms with Gasteiger partial charge in [-0.1, -0.05) is 30.3 Å². The van der Waals surface area contributed by atoms with Gasteiger partial charge in [-0.3, -0.25) is 19.4 Å². The highest BCUT2D eigenvalue weighted by Crippen LogP contribution is 2.35. The van der Waals surface area contributed by atoms with Crippen molar-refractivity contribution in [2.75, 3.05) is 51.5 Å². The smallest absolute Gasteiger partial charge is 0.273 e. The third-order valence-corrected chi connectivity index (χ3v) is 10.8. The molecule has 2 aromatic carbocycles. The summed E-state index contributed by atoms with van der Waals surface area (Å²) in [7, 11) is 0. The van der Waals surface area contributed by atoms with E-state index in [1.54, 1.807) is 23.9 Å². The van der Waals surface area contributed by atoms with E-state index in [0.29, 0.717) is 37.5 Å². The molecule has 0 aliphatic carbocycles. The predicted molar refractivity (Wildman–Crippen MR) is 201 cm³/mol. The monoisotopic (exact) mass is 719 g/mol. The molecule has 0 saturated carbocycles. The molecule has 0 bridgehead atoms. The number of pyridine rings is 1. The van der Waals surface area contributed by atoms with Gasteiger partial charge in [0.25, 0.3) is 5.91 Å². The number of benzene rings is 2. The SMILES string of the molecule is CSCN(Cc1cccc(CN2CCC3(CC2)CN(C(=O)c2csc(C)n2)CCO3)c1)C[C@H](OC(C)(C)C)c1ccc(O)c2[nH]c(=O)ccc12. The number of aromatic hydroxyl groups is 1. The number of hydrogen-bond donors (Lipinski definition) is 2. The fourth-order valence-electron chi connectivity index (χ4n) is 7.15. The summed E-state index contributed by atoms with van der Waals surface area (Å²) in [4.78, 5) is 39.3. The Hall–Kier alpha value is -3.26. The van der Waals surface area contributed by atoms with Crippen molar-refractivity contribution in [2.24, 2.45) is 0 Å². The lowest BCUT2D eigenvalue weighted by molar-refractivity contribution is -0.128. The molecule has 0 unspecified atom stereocenters. The van der Waals surface area contributed by atoms with Crippen LogP contribution < -0.4 is 5.56 Å². The summed E-state index contributed by atoms with van der Waals surface area (Å²) in [5.41, 5.74) is 3.46. The van der Waals surface area contributed by atoms with Gasteiger partial charge in [0.2, 0.25) is 5.56 Å². The lowest BCUT2D eigenvalue weighted by Crippen LogP contribution is -2.58. The van der Waals surface area contributed by atoms with Crippen molar-refractivity contribution in [1.29, 1.82) is 0 Å². The molecule has 2 aliphatic heterocycles. The van der Waals surface area contributed by atoms with Crippen LogP contribution in [0.5, 0.6) is 5.75 Å². The molecule has 12 heteroatoms. The standard InChI is InChI=1S/C38H49N5O5S2/c1-26-39-31(23-50-26)36(46)43-17-18-47-38(24-43)13-15-41(16-14-38)20-27-7-6-8-28(19-27)21-42(25-49-5)22-33(48-37(2,3)4)29-9-11-32(44)35-30(29)10-12-34(45)40-35/h6-12,19,23,33,44H,13-18,20-22,24-25H2,1-5H3,(H,40,45)/t33-/m0/s1. The highest BCUT2D eigenvalue weighted by atomic mass is 32.2. The fourth-order valence-corrected chi connectivity index (χ4v) is 8.30. The summed E-state index contributed by atoms with van der Waals surface area (Å²) >= 11 is 3.28. The number of morpholine rings is 1. The zero-order valence-electron chi connectivity index (χ0n) is 29.7. The van der Waals surface area contributed by atoms with Crippen molar-refractivity contribution in [1.82, 2.24) is 24.7 Å². The highest BCUT2D eigenvalue weighted by molar-refractivity contribution is 7.98. The van der Waals surface area contributed by atoms with Crippen LogP contribution in [0.4, 0.5) is 0 Å². The molecule has 4 aromatic rings. The summed E-state index contributed by atoms with van der Waals surface area (Å²) in [5, 5.41) is 14.1. The van der Waals surface area contributed by atoms with Crippen LogP contribution in [0.1, 0.15) is 71.9 Å². The largest absolute Gasteiger partial charge is 0.506 e. The summed E-state index contributed by atoms with van der Waals surface area (Å²) < 4.78 is 13.0. The summed E-state index contributed by atoms with van der Waals surface area (Å²) in [6.45, 7) is 14.0. The number of amides is 1. The molecule has 0 radical (unpaired) electrons. The number of ether oxygens (including phenoxy) is 2. The number of aryl methyl sites for hydroxylation is 1. The summed E-state index contributed by atoms with van der Waals surface area (Å²) in [6, 6.07) is 15.7. The minimum absolute atomic E-state index is 0.0100. The zero-order chi connectivity index (χ0) is 35.5. The van der Waals surface area contributed by atoms with Gasteiger partial charge < -0.3 is 24.5 Å². The number of rotatable bonds is 11. The Kier molecular flexibility index (Phi) is 11.4. The van der Waals surface area contributed by atoms with Crippen LogP contribution in [0.3, 0.4) is 0 Å². The van der Waals surface area contributed by atoms with Crippen LogP contribution in [0.25, 0.3) is 10.9 Å². The molecular formula is C38H49N5O5S2. The van der Waals surface area contributed by atoms with E-state index in [-0.39, 0.29) is 28.9 Å². The maximum atomic E-state index is 13.1. The Bertz CT molecular complexity index is 1850. The van der Waals surface area contributed by atoms with Crippen molar-refractivity contribution in [2.45, 2.75) is 70.9 Å². The van der Waals surface area contributed by atoms with Gasteiger partial charge in [0, 0.05) is 62.0 Å². The third-order valence-electron chi connectivity index (χ3n) is 9.43. The number of thiazole rings is 1. The molecule has 1 atom stereocenters. The molecule has 10 nitrogen and oxygen atoms in total. The van der Waals surface area contributed by atoms with Gasteiger partial charge in [-0.25, -0.2) is 4.98 Å². The van der Waals surface area contributed by atoms with Crippen molar-refractivity contribution >= 4 is 39.9 Å². The number of nitrogens with one attached hydrogen (secondary N) is 1. The second-order valence-electron chi connectivity index (χ2n) is 14.5. The Morgan fingerprint density at radius 2 is 1.94 bits per heavy atom. The molecule has 268 valence electrons. The Morgan fingerprint density at radius 1 is 1.16 bits per heavy atom. The van der Waals surface area contributed by atoms with Gasteiger partial charge in [-0.2, -0.15) is 0 Å². The average molecular weight is 720 g/mol. The first-order valence-electron chi connectivity index (χ1n) is 17.3. The number of H-pyrrole nitrogens is 1. The molecular weight excluding hydrogens is 671 g/mol. The Morgan fingerprint density at radius 3 is 2.66 bits per heavy atom. The number of carbonyl (C=O) groups is 1. The number of carbonyl (C=O) groups excluding carboxylic acids is 1. The first-order valence-corrected chi connectivity index (χ1v) is 19.6.